The molecule has 2 N–H and O–H groups in total. The van der Waals surface area contributed by atoms with Gasteiger partial charge in [0.1, 0.15) is 6.04 Å². The van der Waals surface area contributed by atoms with Gasteiger partial charge in [0.25, 0.3) is 0 Å². The lowest BCUT2D eigenvalue weighted by Crippen LogP contribution is -2.50. The summed E-state index contributed by atoms with van der Waals surface area (Å²) in [4.78, 5) is 29.4. The summed E-state index contributed by atoms with van der Waals surface area (Å²) in [5, 5.41) is 3.03. The lowest BCUT2D eigenvalue weighted by atomic mass is 10.0. The lowest BCUT2D eigenvalue weighted by molar-refractivity contribution is -0.141. The molecule has 0 aliphatic heterocycles. The van der Waals surface area contributed by atoms with Gasteiger partial charge in [-0.1, -0.05) is 72.8 Å². The van der Waals surface area contributed by atoms with E-state index in [1.54, 1.807) is 29.2 Å². The molecular weight excluding hydrogens is 562 g/mol. The number of sulfonamides is 1. The summed E-state index contributed by atoms with van der Waals surface area (Å²) in [6, 6.07) is 25.4. The van der Waals surface area contributed by atoms with Crippen LogP contribution < -0.4 is 10.0 Å². The van der Waals surface area contributed by atoms with Crippen molar-refractivity contribution in [1.29, 1.82) is 0 Å². The van der Waals surface area contributed by atoms with Crippen LogP contribution in [0.3, 0.4) is 0 Å². The first-order valence-corrected chi connectivity index (χ1v) is 16.6. The Bertz CT molecular complexity index is 1410. The summed E-state index contributed by atoms with van der Waals surface area (Å²) in [5.41, 5.74) is 2.76. The molecule has 1 aliphatic rings. The maximum absolute atomic E-state index is 13.9. The summed E-state index contributed by atoms with van der Waals surface area (Å²) in [6.07, 6.45) is 3.53. The maximum atomic E-state index is 13.9. The summed E-state index contributed by atoms with van der Waals surface area (Å²) in [6.45, 7) is 5.25. The number of rotatable bonds is 17. The number of nitrogens with zero attached hydrogens (tertiary/aromatic N) is 1. The van der Waals surface area contributed by atoms with Crippen LogP contribution in [-0.4, -0.2) is 56.5 Å². The normalized spacial score (nSPS) is 13.9. The Morgan fingerprint density at radius 1 is 0.884 bits per heavy atom. The van der Waals surface area contributed by atoms with Crippen LogP contribution >= 0.6 is 0 Å². The zero-order valence-corrected chi connectivity index (χ0v) is 25.9. The molecule has 0 aromatic heterocycles. The van der Waals surface area contributed by atoms with Crippen molar-refractivity contribution in [2.24, 2.45) is 0 Å². The van der Waals surface area contributed by atoms with Gasteiger partial charge in [-0.3, -0.25) is 9.59 Å². The van der Waals surface area contributed by atoms with Crippen LogP contribution in [0.2, 0.25) is 0 Å². The van der Waals surface area contributed by atoms with Crippen molar-refractivity contribution >= 4 is 21.8 Å². The minimum atomic E-state index is -3.54. The van der Waals surface area contributed by atoms with Crippen molar-refractivity contribution < 1.29 is 22.7 Å². The highest BCUT2D eigenvalue weighted by molar-refractivity contribution is 7.89. The molecule has 1 fully saturated rings. The number of amides is 2. The molecule has 43 heavy (non-hydrogen) atoms. The highest BCUT2D eigenvalue weighted by Gasteiger charge is 2.30. The van der Waals surface area contributed by atoms with Crippen LogP contribution in [0.1, 0.15) is 56.2 Å². The molecule has 1 aliphatic carbocycles. The van der Waals surface area contributed by atoms with Crippen molar-refractivity contribution in [1.82, 2.24) is 14.9 Å². The molecule has 8 nitrogen and oxygen atoms in total. The van der Waals surface area contributed by atoms with Gasteiger partial charge in [-0.05, 0) is 68.4 Å². The number of carbonyl (C=O) groups is 2. The summed E-state index contributed by atoms with van der Waals surface area (Å²) >= 11 is 0. The zero-order valence-electron chi connectivity index (χ0n) is 25.1. The van der Waals surface area contributed by atoms with E-state index in [2.05, 4.69) is 10.0 Å². The van der Waals surface area contributed by atoms with E-state index in [-0.39, 0.29) is 35.3 Å². The van der Waals surface area contributed by atoms with Crippen molar-refractivity contribution in [2.45, 2.75) is 82.0 Å². The first-order chi connectivity index (χ1) is 20.7. The predicted molar refractivity (Wildman–Crippen MR) is 168 cm³/mol. The highest BCUT2D eigenvalue weighted by atomic mass is 32.2. The van der Waals surface area contributed by atoms with Crippen LogP contribution in [0.15, 0.2) is 89.8 Å². The van der Waals surface area contributed by atoms with Gasteiger partial charge in [0, 0.05) is 38.6 Å². The van der Waals surface area contributed by atoms with Gasteiger partial charge in [0.2, 0.25) is 21.8 Å². The topological polar surface area (TPSA) is 105 Å². The van der Waals surface area contributed by atoms with Crippen molar-refractivity contribution in [3.05, 3.63) is 102 Å². The number of benzene rings is 3. The Balaban J connectivity index is 1.49. The Morgan fingerprint density at radius 2 is 1.51 bits per heavy atom. The molecule has 230 valence electrons. The SMILES string of the molecule is CC(C)OCCCNC(=O)[C@@H](Cc1ccccc1)N(Cc1ccccc1)C(=O)CCc1ccc(S(=O)(=O)NC2CC2)cc1. The number of ether oxygens (including phenoxy) is 1. The van der Waals surface area contributed by atoms with Gasteiger partial charge in [0.15, 0.2) is 0 Å². The number of carbonyl (C=O) groups excluding carboxylic acids is 2. The lowest BCUT2D eigenvalue weighted by Gasteiger charge is -2.31. The predicted octanol–water partition coefficient (Wildman–Crippen LogP) is 4.63. The van der Waals surface area contributed by atoms with E-state index in [0.29, 0.717) is 39.0 Å². The highest BCUT2D eigenvalue weighted by Crippen LogP contribution is 2.23. The summed E-state index contributed by atoms with van der Waals surface area (Å²) in [5.74, 6) is -0.342. The maximum Gasteiger partial charge on any atom is 0.243 e. The van der Waals surface area contributed by atoms with Crippen molar-refractivity contribution in [3.8, 4) is 0 Å². The van der Waals surface area contributed by atoms with E-state index in [0.717, 1.165) is 29.5 Å². The van der Waals surface area contributed by atoms with E-state index in [9.17, 15) is 18.0 Å². The quantitative estimate of drug-likeness (QED) is 0.218. The van der Waals surface area contributed by atoms with Gasteiger partial charge < -0.3 is 15.0 Å². The van der Waals surface area contributed by atoms with Crippen LogP contribution in [0.5, 0.6) is 0 Å². The molecule has 0 bridgehead atoms. The van der Waals surface area contributed by atoms with Crippen LogP contribution in [-0.2, 0) is 43.7 Å². The Morgan fingerprint density at radius 3 is 2.12 bits per heavy atom. The molecule has 1 atom stereocenters. The van der Waals surface area contributed by atoms with E-state index in [4.69, 9.17) is 4.74 Å². The summed E-state index contributed by atoms with van der Waals surface area (Å²) < 4.78 is 33.4. The number of aryl methyl sites for hydroxylation is 1. The van der Waals surface area contributed by atoms with Gasteiger partial charge in [-0.25, -0.2) is 13.1 Å². The number of hydrogen-bond donors (Lipinski definition) is 2. The van der Waals surface area contributed by atoms with E-state index in [1.165, 1.54) is 0 Å². The minimum Gasteiger partial charge on any atom is -0.379 e. The average molecular weight is 606 g/mol. The van der Waals surface area contributed by atoms with E-state index >= 15 is 0 Å². The first kappa shape index (κ1) is 32.4. The molecule has 0 unspecified atom stereocenters. The van der Waals surface area contributed by atoms with E-state index < -0.39 is 16.1 Å². The molecule has 3 aromatic carbocycles. The molecule has 9 heteroatoms. The molecule has 1 saturated carbocycles. The second-order valence-corrected chi connectivity index (χ2v) is 13.0. The average Bonchev–Trinajstić information content (AvgIpc) is 3.82. The molecule has 3 aromatic rings. The third-order valence-corrected chi connectivity index (χ3v) is 8.84. The Kier molecular flexibility index (Phi) is 11.9. The van der Waals surface area contributed by atoms with Gasteiger partial charge in [0.05, 0.1) is 11.0 Å². The van der Waals surface area contributed by atoms with Gasteiger partial charge in [-0.15, -0.1) is 0 Å². The molecule has 0 spiro atoms. The molecule has 0 radical (unpaired) electrons. The van der Waals surface area contributed by atoms with Crippen LogP contribution in [0.25, 0.3) is 0 Å². The van der Waals surface area contributed by atoms with Crippen molar-refractivity contribution in [3.63, 3.8) is 0 Å². The largest absolute Gasteiger partial charge is 0.379 e. The minimum absolute atomic E-state index is 0.0345. The van der Waals surface area contributed by atoms with Crippen LogP contribution in [0, 0.1) is 0 Å². The van der Waals surface area contributed by atoms with E-state index in [1.807, 2.05) is 74.5 Å². The Labute approximate surface area is 255 Å². The first-order valence-electron chi connectivity index (χ1n) is 15.1. The third kappa shape index (κ3) is 10.6. The third-order valence-electron chi connectivity index (χ3n) is 7.30. The monoisotopic (exact) mass is 605 g/mol. The fourth-order valence-corrected chi connectivity index (χ4v) is 6.08. The second kappa shape index (κ2) is 15.8. The molecule has 0 saturated heterocycles. The Hall–Kier alpha value is -3.53. The summed E-state index contributed by atoms with van der Waals surface area (Å²) in [7, 11) is -3.54. The number of hydrogen-bond acceptors (Lipinski definition) is 5. The fourth-order valence-electron chi connectivity index (χ4n) is 4.77. The second-order valence-electron chi connectivity index (χ2n) is 11.3. The molecule has 0 heterocycles. The van der Waals surface area contributed by atoms with Gasteiger partial charge in [-0.2, -0.15) is 0 Å². The standard InChI is InChI=1S/C34H43N3O5S/c1-26(2)42-23-9-22-35-34(39)32(24-28-10-5-3-6-11-28)37(25-29-12-7-4-8-13-29)33(38)21-16-27-14-19-31(20-15-27)43(40,41)36-30-17-18-30/h3-8,10-15,19-20,26,30,32,36H,9,16-18,21-25H2,1-2H3,(H,35,39)/t32-/m1/s1. The smallest absolute Gasteiger partial charge is 0.243 e. The molecule has 2 amide bonds. The molecule has 4 rings (SSSR count). The van der Waals surface area contributed by atoms with Gasteiger partial charge >= 0.3 is 0 Å². The number of nitrogens with one attached hydrogen (secondary N) is 2. The zero-order chi connectivity index (χ0) is 30.7. The van der Waals surface area contributed by atoms with Crippen molar-refractivity contribution in [2.75, 3.05) is 13.2 Å². The van der Waals surface area contributed by atoms with Crippen LogP contribution in [0.4, 0.5) is 0 Å². The molecular formula is C34H43N3O5S. The fraction of sp³-hybridized carbons (Fsp3) is 0.412.